The van der Waals surface area contributed by atoms with Crippen LogP contribution >= 0.6 is 0 Å². The second-order valence-electron chi connectivity index (χ2n) is 5.74. The largest absolute Gasteiger partial charge is 0.490 e. The molecule has 0 aliphatic rings. The summed E-state index contributed by atoms with van der Waals surface area (Å²) in [7, 11) is 0. The Morgan fingerprint density at radius 1 is 1.25 bits per heavy atom. The first kappa shape index (κ1) is 19.3. The molecule has 28 heavy (non-hydrogen) atoms. The number of benzene rings is 2. The van der Waals surface area contributed by atoms with E-state index < -0.39 is 12.5 Å². The van der Waals surface area contributed by atoms with Crippen molar-refractivity contribution in [2.45, 2.75) is 20.5 Å². The molecule has 8 heteroatoms. The maximum atomic E-state index is 12.7. The fourth-order valence-corrected chi connectivity index (χ4v) is 2.72. The molecule has 0 saturated carbocycles. The predicted molar refractivity (Wildman–Crippen MR) is 100 cm³/mol. The van der Waals surface area contributed by atoms with E-state index in [0.717, 1.165) is 5.39 Å². The molecule has 3 aromatic rings. The molecule has 1 heterocycles. The third-order valence-electron chi connectivity index (χ3n) is 3.94. The third-order valence-corrected chi connectivity index (χ3v) is 3.94. The highest BCUT2D eigenvalue weighted by atomic mass is 19.3. The van der Waals surface area contributed by atoms with Crippen molar-refractivity contribution in [2.75, 3.05) is 6.61 Å². The van der Waals surface area contributed by atoms with Gasteiger partial charge in [-0.3, -0.25) is 4.79 Å². The van der Waals surface area contributed by atoms with Crippen molar-refractivity contribution < 1.29 is 27.5 Å². The second kappa shape index (κ2) is 8.51. The summed E-state index contributed by atoms with van der Waals surface area (Å²) in [5, 5.41) is 4.66. The molecule has 0 saturated heterocycles. The molecule has 2 aromatic carbocycles. The van der Waals surface area contributed by atoms with Gasteiger partial charge in [-0.15, -0.1) is 0 Å². The van der Waals surface area contributed by atoms with Gasteiger partial charge in [-0.1, -0.05) is 24.3 Å². The van der Waals surface area contributed by atoms with Crippen LogP contribution < -0.4 is 14.9 Å². The van der Waals surface area contributed by atoms with Gasteiger partial charge in [0.25, 0.3) is 0 Å². The average Bonchev–Trinajstić information content (AvgIpc) is 3.01. The monoisotopic (exact) mass is 388 g/mol. The highest BCUT2D eigenvalue weighted by Crippen LogP contribution is 2.32. The normalized spacial score (nSPS) is 11.3. The number of hydrazone groups is 1. The van der Waals surface area contributed by atoms with Crippen molar-refractivity contribution in [2.24, 2.45) is 5.10 Å². The highest BCUT2D eigenvalue weighted by molar-refractivity contribution is 5.99. The summed E-state index contributed by atoms with van der Waals surface area (Å²) >= 11 is 0. The molecule has 0 aliphatic carbocycles. The van der Waals surface area contributed by atoms with Crippen LogP contribution in [0.3, 0.4) is 0 Å². The number of para-hydroxylation sites is 2. The number of nitrogens with zero attached hydrogens (tertiary/aromatic N) is 1. The van der Waals surface area contributed by atoms with E-state index in [2.05, 4.69) is 15.3 Å². The number of furan rings is 1. The Hall–Kier alpha value is -3.42. The van der Waals surface area contributed by atoms with Crippen LogP contribution in [-0.4, -0.2) is 25.3 Å². The minimum Gasteiger partial charge on any atom is -0.490 e. The topological polar surface area (TPSA) is 73.1 Å². The lowest BCUT2D eigenvalue weighted by Gasteiger charge is -2.13. The molecule has 1 aromatic heterocycles. The molecule has 146 valence electrons. The number of hydrogen-bond donors (Lipinski definition) is 1. The quantitative estimate of drug-likeness (QED) is 0.478. The molecular weight excluding hydrogens is 370 g/mol. The van der Waals surface area contributed by atoms with Gasteiger partial charge in [0.1, 0.15) is 5.58 Å². The fraction of sp³-hybridized carbons (Fsp3) is 0.200. The van der Waals surface area contributed by atoms with Crippen LogP contribution in [-0.2, 0) is 0 Å². The first-order chi connectivity index (χ1) is 13.5. The van der Waals surface area contributed by atoms with Crippen molar-refractivity contribution in [3.8, 4) is 11.5 Å². The molecule has 0 bridgehead atoms. The molecule has 6 nitrogen and oxygen atoms in total. The van der Waals surface area contributed by atoms with E-state index in [1.807, 2.05) is 12.1 Å². The predicted octanol–water partition coefficient (Wildman–Crippen LogP) is 4.51. The number of nitrogens with one attached hydrogen (secondary N) is 1. The smallest absolute Gasteiger partial charge is 0.387 e. The van der Waals surface area contributed by atoms with Gasteiger partial charge in [-0.25, -0.2) is 5.43 Å². The van der Waals surface area contributed by atoms with E-state index in [9.17, 15) is 13.6 Å². The summed E-state index contributed by atoms with van der Waals surface area (Å²) < 4.78 is 40.9. The number of aryl methyl sites for hydroxylation is 1. The van der Waals surface area contributed by atoms with E-state index in [0.29, 0.717) is 11.1 Å². The van der Waals surface area contributed by atoms with Crippen molar-refractivity contribution in [3.05, 3.63) is 59.4 Å². The Labute approximate surface area is 159 Å². The summed E-state index contributed by atoms with van der Waals surface area (Å²) in [6.07, 6.45) is 1.20. The number of alkyl halides is 2. The minimum absolute atomic E-state index is 0.130. The average molecular weight is 388 g/mol. The third kappa shape index (κ3) is 4.11. The molecule has 3 rings (SSSR count). The highest BCUT2D eigenvalue weighted by Gasteiger charge is 2.17. The van der Waals surface area contributed by atoms with E-state index >= 15 is 0 Å². The van der Waals surface area contributed by atoms with Crippen molar-refractivity contribution in [3.63, 3.8) is 0 Å². The Bertz CT molecular complexity index is 1010. The van der Waals surface area contributed by atoms with Crippen LogP contribution in [0.4, 0.5) is 8.78 Å². The Kier molecular flexibility index (Phi) is 5.88. The zero-order chi connectivity index (χ0) is 20.1. The number of carbonyl (C=O) groups is 1. The number of carbonyl (C=O) groups excluding carboxylic acids is 1. The van der Waals surface area contributed by atoms with Gasteiger partial charge in [0, 0.05) is 16.5 Å². The van der Waals surface area contributed by atoms with Gasteiger partial charge in [0.2, 0.25) is 0 Å². The zero-order valence-electron chi connectivity index (χ0n) is 15.2. The maximum Gasteiger partial charge on any atom is 0.387 e. The van der Waals surface area contributed by atoms with E-state index in [-0.39, 0.29) is 29.4 Å². The molecule has 0 unspecified atom stereocenters. The number of amides is 1. The van der Waals surface area contributed by atoms with Crippen LogP contribution in [0.5, 0.6) is 11.5 Å². The standard InChI is InChI=1S/C20H18F2N2O4/c1-3-26-16-10-6-7-13(18(16)28-20(21)22)11-23-24-19(25)17-12(2)14-8-4-5-9-15(14)27-17/h4-11,20H,3H2,1-2H3,(H,24,25)/b23-11-. The molecule has 1 amide bonds. The molecule has 0 atom stereocenters. The van der Waals surface area contributed by atoms with E-state index in [1.165, 1.54) is 18.3 Å². The molecule has 0 aliphatic heterocycles. The first-order valence-electron chi connectivity index (χ1n) is 8.53. The van der Waals surface area contributed by atoms with Gasteiger partial charge in [-0.05, 0) is 32.0 Å². The Morgan fingerprint density at radius 2 is 2.04 bits per heavy atom. The lowest BCUT2D eigenvalue weighted by molar-refractivity contribution is -0.0515. The van der Waals surface area contributed by atoms with Crippen LogP contribution in [0.15, 0.2) is 52.0 Å². The lowest BCUT2D eigenvalue weighted by Crippen LogP contribution is -2.18. The van der Waals surface area contributed by atoms with Crippen molar-refractivity contribution in [1.29, 1.82) is 0 Å². The van der Waals surface area contributed by atoms with Gasteiger partial charge in [0.15, 0.2) is 17.3 Å². The SMILES string of the molecule is CCOc1cccc(/C=N\NC(=O)c2oc3ccccc3c2C)c1OC(F)F. The Balaban J connectivity index is 1.81. The summed E-state index contributed by atoms with van der Waals surface area (Å²) in [6.45, 7) is 0.747. The Morgan fingerprint density at radius 3 is 2.75 bits per heavy atom. The number of hydrogen-bond acceptors (Lipinski definition) is 5. The summed E-state index contributed by atoms with van der Waals surface area (Å²) in [6, 6.07) is 11.9. The molecular formula is C20H18F2N2O4. The van der Waals surface area contributed by atoms with Crippen LogP contribution in [0.1, 0.15) is 28.6 Å². The molecule has 1 N–H and O–H groups in total. The van der Waals surface area contributed by atoms with Gasteiger partial charge >= 0.3 is 12.5 Å². The van der Waals surface area contributed by atoms with Crippen molar-refractivity contribution in [1.82, 2.24) is 5.43 Å². The minimum atomic E-state index is -3.03. The summed E-state index contributed by atoms with van der Waals surface area (Å²) in [5.74, 6) is -0.420. The van der Waals surface area contributed by atoms with Crippen LogP contribution in [0.25, 0.3) is 11.0 Å². The molecule has 0 radical (unpaired) electrons. The zero-order valence-corrected chi connectivity index (χ0v) is 15.2. The second-order valence-corrected chi connectivity index (χ2v) is 5.74. The van der Waals surface area contributed by atoms with Gasteiger partial charge in [0.05, 0.1) is 12.8 Å². The summed E-state index contributed by atoms with van der Waals surface area (Å²) in [5.41, 5.74) is 3.84. The maximum absolute atomic E-state index is 12.7. The van der Waals surface area contributed by atoms with Crippen molar-refractivity contribution >= 4 is 23.1 Å². The van der Waals surface area contributed by atoms with Gasteiger partial charge in [-0.2, -0.15) is 13.9 Å². The summed E-state index contributed by atoms with van der Waals surface area (Å²) in [4.78, 5) is 12.4. The van der Waals surface area contributed by atoms with Crippen LogP contribution in [0.2, 0.25) is 0 Å². The van der Waals surface area contributed by atoms with E-state index in [4.69, 9.17) is 9.15 Å². The van der Waals surface area contributed by atoms with E-state index in [1.54, 1.807) is 32.0 Å². The lowest BCUT2D eigenvalue weighted by atomic mass is 10.1. The molecule has 0 fully saturated rings. The van der Waals surface area contributed by atoms with Crippen LogP contribution in [0, 0.1) is 6.92 Å². The fourth-order valence-electron chi connectivity index (χ4n) is 2.72. The first-order valence-corrected chi connectivity index (χ1v) is 8.53. The number of rotatable bonds is 7. The number of halogens is 2. The number of ether oxygens (including phenoxy) is 2. The van der Waals surface area contributed by atoms with Gasteiger partial charge < -0.3 is 13.9 Å². The molecule has 0 spiro atoms. The number of fused-ring (bicyclic) bond motifs is 1.